The summed E-state index contributed by atoms with van der Waals surface area (Å²) in [7, 11) is -1.58. The predicted molar refractivity (Wildman–Crippen MR) is 43.8 cm³/mol. The van der Waals surface area contributed by atoms with Crippen molar-refractivity contribution in [2.45, 2.75) is 0 Å². The summed E-state index contributed by atoms with van der Waals surface area (Å²) in [5.74, 6) is 0. The van der Waals surface area contributed by atoms with Crippen LogP contribution < -0.4 is 5.59 Å². The average Bonchev–Trinajstić information content (AvgIpc) is 2.49. The quantitative estimate of drug-likeness (QED) is 0.556. The summed E-state index contributed by atoms with van der Waals surface area (Å²) in [5.41, 5.74) is 0.574. The van der Waals surface area contributed by atoms with E-state index in [1.54, 1.807) is 12.1 Å². The van der Waals surface area contributed by atoms with Crippen LogP contribution in [0.15, 0.2) is 29.0 Å². The first-order valence-corrected chi connectivity index (χ1v) is 3.47. The number of fused-ring (bicyclic) bond motifs is 1. The van der Waals surface area contributed by atoms with Gasteiger partial charge in [-0.1, -0.05) is 0 Å². The third-order valence-electron chi connectivity index (χ3n) is 1.64. The third kappa shape index (κ3) is 0.994. The van der Waals surface area contributed by atoms with Crippen molar-refractivity contribution in [3.8, 4) is 0 Å². The van der Waals surface area contributed by atoms with Crippen molar-refractivity contribution in [2.24, 2.45) is 0 Å². The number of aromatic nitrogens is 1. The second-order valence-electron chi connectivity index (χ2n) is 2.41. The summed E-state index contributed by atoms with van der Waals surface area (Å²) in [6.45, 7) is 0. The Kier molecular flexibility index (Phi) is 1.60. The summed E-state index contributed by atoms with van der Waals surface area (Å²) in [6.07, 6.45) is 2.99. The Labute approximate surface area is 68.6 Å². The molecule has 0 saturated heterocycles. The van der Waals surface area contributed by atoms with Gasteiger partial charge in [0.2, 0.25) is 0 Å². The van der Waals surface area contributed by atoms with Crippen molar-refractivity contribution >= 4 is 23.7 Å². The van der Waals surface area contributed by atoms with Gasteiger partial charge in [0.1, 0.15) is 5.59 Å². The van der Waals surface area contributed by atoms with Crippen molar-refractivity contribution in [3.63, 3.8) is 0 Å². The van der Waals surface area contributed by atoms with Crippen LogP contribution >= 0.6 is 0 Å². The highest BCUT2D eigenvalue weighted by Gasteiger charge is 2.18. The van der Waals surface area contributed by atoms with Gasteiger partial charge in [-0.05, 0) is 12.1 Å². The predicted octanol–water partition coefficient (Wildman–Crippen LogP) is -0.492. The fourth-order valence-electron chi connectivity index (χ4n) is 1.10. The molecule has 12 heavy (non-hydrogen) atoms. The van der Waals surface area contributed by atoms with Crippen molar-refractivity contribution in [3.05, 3.63) is 24.6 Å². The zero-order valence-electron chi connectivity index (χ0n) is 6.14. The number of hydrogen-bond acceptors (Lipinski definition) is 4. The molecule has 2 N–H and O–H groups in total. The van der Waals surface area contributed by atoms with E-state index in [1.165, 1.54) is 12.5 Å². The van der Waals surface area contributed by atoms with Crippen molar-refractivity contribution in [1.82, 2.24) is 4.98 Å². The molecule has 2 aromatic rings. The number of nitrogens with zero attached hydrogens (tertiary/aromatic N) is 1. The highest BCUT2D eigenvalue weighted by Crippen LogP contribution is 2.10. The maximum Gasteiger partial charge on any atom is 0.512 e. The fraction of sp³-hybridized carbons (Fsp3) is 0. The van der Waals surface area contributed by atoms with Gasteiger partial charge < -0.3 is 14.5 Å². The highest BCUT2D eigenvalue weighted by molar-refractivity contribution is 6.60. The number of pyridine rings is 1. The van der Waals surface area contributed by atoms with Crippen LogP contribution in [0.4, 0.5) is 0 Å². The van der Waals surface area contributed by atoms with E-state index in [1.807, 2.05) is 0 Å². The Bertz CT molecular complexity index is 398. The van der Waals surface area contributed by atoms with E-state index < -0.39 is 7.12 Å². The zero-order chi connectivity index (χ0) is 8.55. The Hall–Kier alpha value is -1.33. The average molecular weight is 163 g/mol. The van der Waals surface area contributed by atoms with E-state index >= 15 is 0 Å². The minimum Gasteiger partial charge on any atom is -0.463 e. The van der Waals surface area contributed by atoms with Gasteiger partial charge >= 0.3 is 7.12 Å². The monoisotopic (exact) mass is 163 g/mol. The van der Waals surface area contributed by atoms with Crippen LogP contribution in [0.3, 0.4) is 0 Å². The largest absolute Gasteiger partial charge is 0.512 e. The fourth-order valence-corrected chi connectivity index (χ4v) is 1.10. The smallest absolute Gasteiger partial charge is 0.463 e. The normalized spacial score (nSPS) is 10.5. The third-order valence-corrected chi connectivity index (χ3v) is 1.64. The van der Waals surface area contributed by atoms with Gasteiger partial charge in [0, 0.05) is 11.6 Å². The molecule has 4 nitrogen and oxygen atoms in total. The molecule has 0 atom stereocenters. The van der Waals surface area contributed by atoms with Gasteiger partial charge in [-0.25, -0.2) is 0 Å². The van der Waals surface area contributed by atoms with Gasteiger partial charge in [-0.15, -0.1) is 0 Å². The standard InChI is InChI=1S/C7H6BNO3/c10-8(11)7-6-5(1-3-9-7)2-4-12-6/h1-4,10-11H. The van der Waals surface area contributed by atoms with Gasteiger partial charge in [0.15, 0.2) is 5.58 Å². The molecule has 2 aromatic heterocycles. The van der Waals surface area contributed by atoms with Gasteiger partial charge in [0.05, 0.1) is 6.26 Å². The van der Waals surface area contributed by atoms with Crippen LogP contribution in [0.1, 0.15) is 0 Å². The van der Waals surface area contributed by atoms with Crippen LogP contribution in [-0.4, -0.2) is 22.2 Å². The second-order valence-corrected chi connectivity index (χ2v) is 2.41. The number of furan rings is 1. The molecule has 5 heteroatoms. The lowest BCUT2D eigenvalue weighted by atomic mass is 9.85. The van der Waals surface area contributed by atoms with E-state index in [2.05, 4.69) is 4.98 Å². The van der Waals surface area contributed by atoms with Crippen molar-refractivity contribution in [2.75, 3.05) is 0 Å². The van der Waals surface area contributed by atoms with Crippen LogP contribution in [0, 0.1) is 0 Å². The Morgan fingerprint density at radius 2 is 2.17 bits per heavy atom. The molecule has 0 saturated carbocycles. The van der Waals surface area contributed by atoms with Crippen LogP contribution in [0.2, 0.25) is 0 Å². The lowest BCUT2D eigenvalue weighted by molar-refractivity contribution is 0.424. The van der Waals surface area contributed by atoms with Gasteiger partial charge in [-0.3, -0.25) is 4.98 Å². The molecule has 0 aliphatic carbocycles. The second kappa shape index (κ2) is 2.62. The number of rotatable bonds is 1. The summed E-state index contributed by atoms with van der Waals surface area (Å²) in [6, 6.07) is 3.48. The molecule has 2 heterocycles. The Balaban J connectivity index is 2.73. The minimum absolute atomic E-state index is 0.150. The molecule has 0 bridgehead atoms. The molecular weight excluding hydrogens is 157 g/mol. The summed E-state index contributed by atoms with van der Waals surface area (Å²) in [4.78, 5) is 3.78. The SMILES string of the molecule is OB(O)c1nccc2ccoc12. The first kappa shape index (κ1) is 7.33. The van der Waals surface area contributed by atoms with E-state index in [4.69, 9.17) is 14.5 Å². The molecule has 0 aromatic carbocycles. The molecule has 0 fully saturated rings. The summed E-state index contributed by atoms with van der Waals surface area (Å²) in [5, 5.41) is 18.6. The number of hydrogen-bond donors (Lipinski definition) is 2. The lowest BCUT2D eigenvalue weighted by Gasteiger charge is -1.97. The van der Waals surface area contributed by atoms with Crippen molar-refractivity contribution < 1.29 is 14.5 Å². The first-order chi connectivity index (χ1) is 5.79. The van der Waals surface area contributed by atoms with E-state index in [0.717, 1.165) is 5.39 Å². The molecular formula is C7H6BNO3. The van der Waals surface area contributed by atoms with Crippen LogP contribution in [0.5, 0.6) is 0 Å². The molecule has 0 amide bonds. The minimum atomic E-state index is -1.58. The lowest BCUT2D eigenvalue weighted by Crippen LogP contribution is -2.32. The molecule has 0 unspecified atom stereocenters. The molecule has 0 spiro atoms. The van der Waals surface area contributed by atoms with Gasteiger partial charge in [0.25, 0.3) is 0 Å². The summed E-state index contributed by atoms with van der Waals surface area (Å²) < 4.78 is 5.03. The molecule has 0 radical (unpaired) electrons. The Morgan fingerprint density at radius 1 is 1.33 bits per heavy atom. The molecule has 60 valence electrons. The maximum atomic E-state index is 8.87. The maximum absolute atomic E-state index is 8.87. The topological polar surface area (TPSA) is 66.5 Å². The first-order valence-electron chi connectivity index (χ1n) is 3.47. The Morgan fingerprint density at radius 3 is 2.92 bits per heavy atom. The van der Waals surface area contributed by atoms with Gasteiger partial charge in [-0.2, -0.15) is 0 Å². The molecule has 2 rings (SSSR count). The van der Waals surface area contributed by atoms with E-state index in [9.17, 15) is 0 Å². The van der Waals surface area contributed by atoms with E-state index in [0.29, 0.717) is 5.58 Å². The van der Waals surface area contributed by atoms with Crippen LogP contribution in [-0.2, 0) is 0 Å². The van der Waals surface area contributed by atoms with Crippen LogP contribution in [0.25, 0.3) is 11.0 Å². The highest BCUT2D eigenvalue weighted by atomic mass is 16.4. The molecule has 0 aliphatic rings. The zero-order valence-corrected chi connectivity index (χ0v) is 6.14. The molecule has 0 aliphatic heterocycles. The summed E-state index contributed by atoms with van der Waals surface area (Å²) >= 11 is 0. The van der Waals surface area contributed by atoms with Crippen molar-refractivity contribution in [1.29, 1.82) is 0 Å². The van der Waals surface area contributed by atoms with E-state index in [-0.39, 0.29) is 5.59 Å².